The Morgan fingerprint density at radius 2 is 2.17 bits per heavy atom. The fourth-order valence-corrected chi connectivity index (χ4v) is 3.90. The lowest BCUT2D eigenvalue weighted by Crippen LogP contribution is -2.42. The molecule has 2 saturated heterocycles. The molecule has 3 nitrogen and oxygen atoms in total. The van der Waals surface area contributed by atoms with E-state index in [-0.39, 0.29) is 11.9 Å². The summed E-state index contributed by atoms with van der Waals surface area (Å²) in [6.07, 6.45) is 3.47. The molecule has 2 aliphatic rings. The molecule has 0 spiro atoms. The van der Waals surface area contributed by atoms with Gasteiger partial charge in [-0.25, -0.2) is 0 Å². The standard InChI is InChI=1S/C20H20N2O/c1-2-4-13-5-3-6-14-11-15(7-9-17(13)14)20(23)22-19-12-16-8-10-18(19)21-16/h3,5-7,9,11,16,18-19,21H,8,10,12H2,1H3,(H,22,23). The van der Waals surface area contributed by atoms with Crippen molar-refractivity contribution in [3.05, 3.63) is 47.5 Å². The van der Waals surface area contributed by atoms with E-state index in [1.165, 1.54) is 12.8 Å². The van der Waals surface area contributed by atoms with Crippen molar-refractivity contribution in [3.63, 3.8) is 0 Å². The molecular formula is C20H20N2O. The third-order valence-corrected chi connectivity index (χ3v) is 5.02. The minimum absolute atomic E-state index is 0.0261. The van der Waals surface area contributed by atoms with Gasteiger partial charge in [0.15, 0.2) is 0 Å². The molecule has 2 aromatic rings. The maximum Gasteiger partial charge on any atom is 0.251 e. The highest BCUT2D eigenvalue weighted by Crippen LogP contribution is 2.28. The van der Waals surface area contributed by atoms with Gasteiger partial charge in [0.2, 0.25) is 0 Å². The zero-order chi connectivity index (χ0) is 15.8. The van der Waals surface area contributed by atoms with Gasteiger partial charge in [-0.2, -0.15) is 0 Å². The van der Waals surface area contributed by atoms with Crippen LogP contribution in [-0.2, 0) is 0 Å². The zero-order valence-corrected chi connectivity index (χ0v) is 13.2. The summed E-state index contributed by atoms with van der Waals surface area (Å²) in [5.74, 6) is 6.08. The van der Waals surface area contributed by atoms with Gasteiger partial charge < -0.3 is 10.6 Å². The number of rotatable bonds is 2. The highest BCUT2D eigenvalue weighted by molar-refractivity contribution is 6.00. The molecule has 2 heterocycles. The fraction of sp³-hybridized carbons (Fsp3) is 0.350. The lowest BCUT2D eigenvalue weighted by molar-refractivity contribution is 0.0931. The highest BCUT2D eigenvalue weighted by atomic mass is 16.1. The van der Waals surface area contributed by atoms with Crippen LogP contribution in [0.2, 0.25) is 0 Å². The Bertz CT molecular complexity index is 830. The third-order valence-electron chi connectivity index (χ3n) is 5.02. The molecule has 2 aliphatic heterocycles. The first-order valence-corrected chi connectivity index (χ1v) is 8.27. The van der Waals surface area contributed by atoms with E-state index < -0.39 is 0 Å². The van der Waals surface area contributed by atoms with E-state index in [2.05, 4.69) is 22.5 Å². The Kier molecular flexibility index (Phi) is 3.55. The first-order valence-electron chi connectivity index (χ1n) is 8.27. The van der Waals surface area contributed by atoms with Crippen molar-refractivity contribution in [1.82, 2.24) is 10.6 Å². The molecule has 0 saturated carbocycles. The Morgan fingerprint density at radius 1 is 1.26 bits per heavy atom. The van der Waals surface area contributed by atoms with Gasteiger partial charge in [0.1, 0.15) is 0 Å². The maximum absolute atomic E-state index is 12.6. The van der Waals surface area contributed by atoms with E-state index in [0.717, 1.165) is 28.3 Å². The second-order valence-electron chi connectivity index (χ2n) is 6.48. The molecule has 2 aromatic carbocycles. The highest BCUT2D eigenvalue weighted by Gasteiger charge is 2.39. The van der Waals surface area contributed by atoms with Crippen molar-refractivity contribution in [3.8, 4) is 11.8 Å². The average Bonchev–Trinajstić information content (AvgIpc) is 3.18. The summed E-state index contributed by atoms with van der Waals surface area (Å²) in [7, 11) is 0. The molecule has 1 amide bonds. The molecule has 116 valence electrons. The van der Waals surface area contributed by atoms with Crippen LogP contribution in [0.4, 0.5) is 0 Å². The number of benzene rings is 2. The molecule has 2 fully saturated rings. The summed E-state index contributed by atoms with van der Waals surface area (Å²) in [4.78, 5) is 12.6. The van der Waals surface area contributed by atoms with Crippen LogP contribution in [0, 0.1) is 11.8 Å². The number of amides is 1. The van der Waals surface area contributed by atoms with Crippen LogP contribution in [-0.4, -0.2) is 24.0 Å². The second kappa shape index (κ2) is 5.72. The van der Waals surface area contributed by atoms with Gasteiger partial charge in [0.25, 0.3) is 5.91 Å². The maximum atomic E-state index is 12.6. The fourth-order valence-electron chi connectivity index (χ4n) is 3.90. The minimum atomic E-state index is 0.0261. The summed E-state index contributed by atoms with van der Waals surface area (Å²) in [6, 6.07) is 13.2. The minimum Gasteiger partial charge on any atom is -0.348 e. The van der Waals surface area contributed by atoms with Crippen LogP contribution in [0.5, 0.6) is 0 Å². The third kappa shape index (κ3) is 2.60. The lowest BCUT2D eigenvalue weighted by Gasteiger charge is -2.21. The van der Waals surface area contributed by atoms with E-state index in [1.807, 2.05) is 43.3 Å². The predicted octanol–water partition coefficient (Wildman–Crippen LogP) is 2.83. The van der Waals surface area contributed by atoms with Crippen LogP contribution in [0.1, 0.15) is 42.1 Å². The molecule has 23 heavy (non-hydrogen) atoms. The summed E-state index contributed by atoms with van der Waals surface area (Å²) in [5, 5.41) is 8.91. The second-order valence-corrected chi connectivity index (χ2v) is 6.48. The summed E-state index contributed by atoms with van der Waals surface area (Å²) in [6.45, 7) is 1.84. The number of carbonyl (C=O) groups excluding carboxylic acids is 1. The summed E-state index contributed by atoms with van der Waals surface area (Å²) in [5.41, 5.74) is 1.73. The Hall–Kier alpha value is -2.31. The van der Waals surface area contributed by atoms with Crippen molar-refractivity contribution in [2.45, 2.75) is 44.3 Å². The van der Waals surface area contributed by atoms with Crippen molar-refractivity contribution in [2.75, 3.05) is 0 Å². The number of carbonyl (C=O) groups is 1. The molecular weight excluding hydrogens is 284 g/mol. The first-order chi connectivity index (χ1) is 11.2. The lowest BCUT2D eigenvalue weighted by atomic mass is 9.95. The van der Waals surface area contributed by atoms with E-state index in [0.29, 0.717) is 12.1 Å². The molecule has 2 N–H and O–H groups in total. The van der Waals surface area contributed by atoms with Crippen LogP contribution in [0.25, 0.3) is 10.8 Å². The van der Waals surface area contributed by atoms with Crippen molar-refractivity contribution in [1.29, 1.82) is 0 Å². The quantitative estimate of drug-likeness (QED) is 0.838. The van der Waals surface area contributed by atoms with E-state index in [1.54, 1.807) is 0 Å². The number of nitrogens with one attached hydrogen (secondary N) is 2. The average molecular weight is 304 g/mol. The Labute approximate surface area is 136 Å². The summed E-state index contributed by atoms with van der Waals surface area (Å²) >= 11 is 0. The SMILES string of the molecule is CC#Cc1cccc2cc(C(=O)NC3CC4CCC3N4)ccc12. The van der Waals surface area contributed by atoms with Gasteiger partial charge in [-0.3, -0.25) is 4.79 Å². The van der Waals surface area contributed by atoms with E-state index in [9.17, 15) is 4.79 Å². The molecule has 2 bridgehead atoms. The first kappa shape index (κ1) is 14.3. The zero-order valence-electron chi connectivity index (χ0n) is 13.2. The predicted molar refractivity (Wildman–Crippen MR) is 92.3 cm³/mol. The van der Waals surface area contributed by atoms with Gasteiger partial charge in [0.05, 0.1) is 0 Å². The smallest absolute Gasteiger partial charge is 0.251 e. The van der Waals surface area contributed by atoms with Gasteiger partial charge in [0, 0.05) is 29.3 Å². The Morgan fingerprint density at radius 3 is 2.91 bits per heavy atom. The van der Waals surface area contributed by atoms with Crippen LogP contribution < -0.4 is 10.6 Å². The molecule has 0 aliphatic carbocycles. The van der Waals surface area contributed by atoms with E-state index >= 15 is 0 Å². The number of hydrogen-bond acceptors (Lipinski definition) is 2. The topological polar surface area (TPSA) is 41.1 Å². The normalized spacial score (nSPS) is 25.2. The summed E-state index contributed by atoms with van der Waals surface area (Å²) < 4.78 is 0. The molecule has 4 rings (SSSR count). The molecule has 3 unspecified atom stereocenters. The number of fused-ring (bicyclic) bond motifs is 3. The number of hydrogen-bond donors (Lipinski definition) is 2. The van der Waals surface area contributed by atoms with Gasteiger partial charge >= 0.3 is 0 Å². The van der Waals surface area contributed by atoms with Crippen LogP contribution in [0.15, 0.2) is 36.4 Å². The largest absolute Gasteiger partial charge is 0.348 e. The van der Waals surface area contributed by atoms with Crippen LogP contribution in [0.3, 0.4) is 0 Å². The van der Waals surface area contributed by atoms with Gasteiger partial charge in [-0.1, -0.05) is 24.1 Å². The van der Waals surface area contributed by atoms with Crippen molar-refractivity contribution < 1.29 is 4.79 Å². The monoisotopic (exact) mass is 304 g/mol. The molecule has 3 atom stereocenters. The van der Waals surface area contributed by atoms with Crippen molar-refractivity contribution in [2.24, 2.45) is 0 Å². The van der Waals surface area contributed by atoms with Crippen molar-refractivity contribution >= 4 is 16.7 Å². The molecule has 3 heteroatoms. The Balaban J connectivity index is 1.58. The van der Waals surface area contributed by atoms with Crippen LogP contribution >= 0.6 is 0 Å². The molecule has 0 aromatic heterocycles. The molecule has 0 radical (unpaired) electrons. The van der Waals surface area contributed by atoms with E-state index in [4.69, 9.17) is 0 Å². The van der Waals surface area contributed by atoms with Gasteiger partial charge in [-0.15, -0.1) is 5.92 Å². The van der Waals surface area contributed by atoms with Gasteiger partial charge in [-0.05, 0) is 55.2 Å².